The van der Waals surface area contributed by atoms with Crippen molar-refractivity contribution in [2.24, 2.45) is 5.92 Å². The van der Waals surface area contributed by atoms with Crippen molar-refractivity contribution in [3.8, 4) is 0 Å². The van der Waals surface area contributed by atoms with Gasteiger partial charge in [0.1, 0.15) is 6.26 Å². The molecule has 0 spiro atoms. The molecule has 0 aromatic rings. The number of hydrogen-bond donors (Lipinski definition) is 0. The second-order valence-electron chi connectivity index (χ2n) is 2.33. The van der Waals surface area contributed by atoms with E-state index >= 15 is 0 Å². The van der Waals surface area contributed by atoms with E-state index in [1.807, 2.05) is 0 Å². The van der Waals surface area contributed by atoms with Gasteiger partial charge in [-0.1, -0.05) is 0 Å². The first-order valence-corrected chi connectivity index (χ1v) is 4.04. The van der Waals surface area contributed by atoms with Crippen LogP contribution in [0.3, 0.4) is 0 Å². The lowest BCUT2D eigenvalue weighted by atomic mass is 10.4. The molecule has 1 rings (SSSR count). The van der Waals surface area contributed by atoms with Gasteiger partial charge in [-0.2, -0.15) is 0 Å². The standard InChI is InChI=1S/C7H7BrO3/c8-6(3-9)4-11-7(10)5-1-2-5/h3-5H,1-2H2/b6-4-. The van der Waals surface area contributed by atoms with E-state index in [0.29, 0.717) is 6.29 Å². The Morgan fingerprint density at radius 3 is 2.64 bits per heavy atom. The van der Waals surface area contributed by atoms with Crippen molar-refractivity contribution in [1.29, 1.82) is 0 Å². The maximum atomic E-state index is 10.8. The zero-order chi connectivity index (χ0) is 8.27. The highest BCUT2D eigenvalue weighted by atomic mass is 79.9. The Kier molecular flexibility index (Phi) is 2.82. The van der Waals surface area contributed by atoms with Crippen molar-refractivity contribution in [2.75, 3.05) is 0 Å². The Balaban J connectivity index is 2.29. The molecule has 0 radical (unpaired) electrons. The molecule has 1 saturated carbocycles. The minimum Gasteiger partial charge on any atom is -0.433 e. The minimum atomic E-state index is -0.246. The third-order valence-electron chi connectivity index (χ3n) is 1.31. The summed E-state index contributed by atoms with van der Waals surface area (Å²) in [6, 6.07) is 0. The number of esters is 1. The molecule has 0 saturated heterocycles. The van der Waals surface area contributed by atoms with E-state index in [9.17, 15) is 9.59 Å². The molecule has 11 heavy (non-hydrogen) atoms. The van der Waals surface area contributed by atoms with Crippen LogP contribution in [0, 0.1) is 5.92 Å². The van der Waals surface area contributed by atoms with Crippen LogP contribution in [0.4, 0.5) is 0 Å². The normalized spacial score (nSPS) is 17.7. The molecule has 0 heterocycles. The summed E-state index contributed by atoms with van der Waals surface area (Å²) < 4.78 is 4.88. The lowest BCUT2D eigenvalue weighted by molar-refractivity contribution is -0.139. The number of carbonyl (C=O) groups is 2. The SMILES string of the molecule is O=C/C(Br)=C/OC(=O)C1CC1. The molecule has 60 valence electrons. The Hall–Kier alpha value is -0.640. The monoisotopic (exact) mass is 218 g/mol. The quantitative estimate of drug-likeness (QED) is 0.311. The molecule has 0 aliphatic heterocycles. The van der Waals surface area contributed by atoms with Crippen LogP contribution >= 0.6 is 15.9 Å². The van der Waals surface area contributed by atoms with Gasteiger partial charge in [0.2, 0.25) is 0 Å². The summed E-state index contributed by atoms with van der Waals surface area (Å²) in [5.74, 6) is -0.179. The molecular weight excluding hydrogens is 212 g/mol. The smallest absolute Gasteiger partial charge is 0.313 e. The second kappa shape index (κ2) is 3.67. The van der Waals surface area contributed by atoms with Gasteiger partial charge in [-0.3, -0.25) is 9.59 Å². The first-order valence-electron chi connectivity index (χ1n) is 3.25. The van der Waals surface area contributed by atoms with E-state index in [1.54, 1.807) is 0 Å². The fourth-order valence-electron chi connectivity index (χ4n) is 0.557. The molecular formula is C7H7BrO3. The van der Waals surface area contributed by atoms with Gasteiger partial charge in [0.25, 0.3) is 0 Å². The number of carbonyl (C=O) groups excluding carboxylic acids is 2. The molecule has 1 aliphatic rings. The molecule has 0 N–H and O–H groups in total. The number of aldehydes is 1. The first-order chi connectivity index (χ1) is 5.24. The average Bonchev–Trinajstić information content (AvgIpc) is 2.81. The third kappa shape index (κ3) is 2.84. The van der Waals surface area contributed by atoms with Crippen LogP contribution in [0.5, 0.6) is 0 Å². The fraction of sp³-hybridized carbons (Fsp3) is 0.429. The summed E-state index contributed by atoms with van der Waals surface area (Å²) >= 11 is 2.89. The predicted octanol–water partition coefficient (Wildman–Crippen LogP) is 1.37. The van der Waals surface area contributed by atoms with Gasteiger partial charge in [-0.15, -0.1) is 0 Å². The maximum absolute atomic E-state index is 10.8. The summed E-state index contributed by atoms with van der Waals surface area (Å²) in [6.07, 6.45) is 3.50. The lowest BCUT2D eigenvalue weighted by Crippen LogP contribution is -2.01. The van der Waals surface area contributed by atoms with Crippen molar-refractivity contribution < 1.29 is 14.3 Å². The number of hydrogen-bond acceptors (Lipinski definition) is 3. The van der Waals surface area contributed by atoms with Crippen LogP contribution in [0.15, 0.2) is 10.7 Å². The van der Waals surface area contributed by atoms with Crippen molar-refractivity contribution in [3.05, 3.63) is 10.7 Å². The van der Waals surface area contributed by atoms with Crippen LogP contribution in [0.25, 0.3) is 0 Å². The van der Waals surface area contributed by atoms with Gasteiger partial charge in [0.05, 0.1) is 10.4 Å². The van der Waals surface area contributed by atoms with Crippen LogP contribution in [-0.2, 0) is 14.3 Å². The zero-order valence-electron chi connectivity index (χ0n) is 5.75. The number of allylic oxidation sites excluding steroid dienone is 1. The third-order valence-corrected chi connectivity index (χ3v) is 1.68. The largest absolute Gasteiger partial charge is 0.433 e. The number of ether oxygens (including phenoxy) is 1. The molecule has 0 aromatic heterocycles. The van der Waals surface area contributed by atoms with Gasteiger partial charge in [0.15, 0.2) is 6.29 Å². The number of halogens is 1. The average molecular weight is 219 g/mol. The number of rotatable bonds is 3. The summed E-state index contributed by atoms with van der Waals surface area (Å²) in [5.41, 5.74) is 0. The van der Waals surface area contributed by atoms with E-state index in [1.165, 1.54) is 0 Å². The summed E-state index contributed by atoms with van der Waals surface area (Å²) in [7, 11) is 0. The van der Waals surface area contributed by atoms with Crippen molar-refractivity contribution in [2.45, 2.75) is 12.8 Å². The molecule has 1 aliphatic carbocycles. The molecule has 0 atom stereocenters. The Morgan fingerprint density at radius 2 is 2.18 bits per heavy atom. The maximum Gasteiger partial charge on any atom is 0.313 e. The van der Waals surface area contributed by atoms with E-state index in [-0.39, 0.29) is 16.4 Å². The van der Waals surface area contributed by atoms with Gasteiger partial charge in [-0.05, 0) is 28.8 Å². The van der Waals surface area contributed by atoms with Crippen LogP contribution < -0.4 is 0 Å². The summed E-state index contributed by atoms with van der Waals surface area (Å²) in [4.78, 5) is 20.8. The topological polar surface area (TPSA) is 43.4 Å². The molecule has 0 aromatic carbocycles. The van der Waals surface area contributed by atoms with Crippen molar-refractivity contribution in [1.82, 2.24) is 0 Å². The molecule has 0 amide bonds. The van der Waals surface area contributed by atoms with Gasteiger partial charge in [-0.25, -0.2) is 0 Å². The van der Waals surface area contributed by atoms with Crippen molar-refractivity contribution >= 4 is 28.2 Å². The van der Waals surface area contributed by atoms with Crippen molar-refractivity contribution in [3.63, 3.8) is 0 Å². The van der Waals surface area contributed by atoms with E-state index < -0.39 is 0 Å². The molecule has 3 nitrogen and oxygen atoms in total. The molecule has 0 unspecified atom stereocenters. The zero-order valence-corrected chi connectivity index (χ0v) is 7.33. The predicted molar refractivity (Wildman–Crippen MR) is 41.9 cm³/mol. The summed E-state index contributed by atoms with van der Waals surface area (Å²) in [5, 5.41) is 0. The molecule has 0 bridgehead atoms. The first kappa shape index (κ1) is 8.46. The fourth-order valence-corrected chi connectivity index (χ4v) is 0.651. The lowest BCUT2D eigenvalue weighted by Gasteiger charge is -1.94. The van der Waals surface area contributed by atoms with Gasteiger partial charge >= 0.3 is 5.97 Å². The Labute approximate surface area is 72.5 Å². The second-order valence-corrected chi connectivity index (χ2v) is 3.25. The Morgan fingerprint density at radius 1 is 1.55 bits per heavy atom. The van der Waals surface area contributed by atoms with Crippen LogP contribution in [-0.4, -0.2) is 12.3 Å². The molecule has 4 heteroatoms. The highest BCUT2D eigenvalue weighted by Gasteiger charge is 2.30. The van der Waals surface area contributed by atoms with Gasteiger partial charge in [0, 0.05) is 0 Å². The highest BCUT2D eigenvalue weighted by Crippen LogP contribution is 2.30. The molecule has 1 fully saturated rings. The minimum absolute atomic E-state index is 0.0678. The van der Waals surface area contributed by atoms with E-state index in [0.717, 1.165) is 19.1 Å². The van der Waals surface area contributed by atoms with Crippen LogP contribution in [0.1, 0.15) is 12.8 Å². The van der Waals surface area contributed by atoms with E-state index in [4.69, 9.17) is 0 Å². The summed E-state index contributed by atoms with van der Waals surface area (Å²) in [6.45, 7) is 0. The van der Waals surface area contributed by atoms with Gasteiger partial charge < -0.3 is 4.74 Å². The van der Waals surface area contributed by atoms with Crippen LogP contribution in [0.2, 0.25) is 0 Å². The van der Waals surface area contributed by atoms with E-state index in [2.05, 4.69) is 20.7 Å². The highest BCUT2D eigenvalue weighted by molar-refractivity contribution is 9.12. The Bertz CT molecular complexity index is 206.